The fourth-order valence-corrected chi connectivity index (χ4v) is 1.82. The molecule has 0 saturated heterocycles. The molecule has 19 heavy (non-hydrogen) atoms. The Balaban J connectivity index is 2.48. The molecular formula is C15H10F3O. The Kier molecular flexibility index (Phi) is 3.42. The number of alkyl halides is 3. The normalized spacial score (nSPS) is 11.4. The zero-order valence-electron chi connectivity index (χ0n) is 10.1. The van der Waals surface area contributed by atoms with Crippen molar-refractivity contribution in [1.29, 1.82) is 0 Å². The predicted octanol–water partition coefficient (Wildman–Crippen LogP) is 4.14. The van der Waals surface area contributed by atoms with Gasteiger partial charge in [-0.25, -0.2) is 0 Å². The molecule has 0 atom stereocenters. The van der Waals surface area contributed by atoms with Crippen molar-refractivity contribution in [2.75, 3.05) is 0 Å². The second-order valence-corrected chi connectivity index (χ2v) is 4.23. The van der Waals surface area contributed by atoms with E-state index in [-0.39, 0.29) is 0 Å². The standard InChI is InChI=1S/C15H10F3O/c1-10-2-3-12(9-19)14(8-10)11-4-6-13(7-5-11)15(16,17)18/h2-8H,1H3. The monoisotopic (exact) mass is 263 g/mol. The number of rotatable bonds is 2. The van der Waals surface area contributed by atoms with E-state index in [2.05, 4.69) is 0 Å². The maximum absolute atomic E-state index is 12.5. The summed E-state index contributed by atoms with van der Waals surface area (Å²) in [5.74, 6) is 0. The van der Waals surface area contributed by atoms with Crippen molar-refractivity contribution in [3.8, 4) is 11.1 Å². The van der Waals surface area contributed by atoms with Crippen LogP contribution in [0.1, 0.15) is 16.7 Å². The van der Waals surface area contributed by atoms with Gasteiger partial charge in [0.2, 0.25) is 6.29 Å². The molecule has 0 aliphatic heterocycles. The van der Waals surface area contributed by atoms with Crippen molar-refractivity contribution in [3.05, 3.63) is 59.2 Å². The van der Waals surface area contributed by atoms with Gasteiger partial charge in [-0.1, -0.05) is 35.9 Å². The average molecular weight is 263 g/mol. The van der Waals surface area contributed by atoms with Gasteiger partial charge in [0, 0.05) is 5.56 Å². The molecule has 0 N–H and O–H groups in total. The minimum Gasteiger partial charge on any atom is -0.285 e. The summed E-state index contributed by atoms with van der Waals surface area (Å²) >= 11 is 0. The van der Waals surface area contributed by atoms with Gasteiger partial charge in [0.15, 0.2) is 0 Å². The second-order valence-electron chi connectivity index (χ2n) is 4.23. The smallest absolute Gasteiger partial charge is 0.285 e. The van der Waals surface area contributed by atoms with Crippen LogP contribution in [-0.2, 0) is 11.0 Å². The van der Waals surface area contributed by atoms with Gasteiger partial charge in [0.25, 0.3) is 0 Å². The molecule has 0 bridgehead atoms. The highest BCUT2D eigenvalue weighted by Gasteiger charge is 2.30. The number of carbonyl (C=O) groups excluding carboxylic acids is 1. The van der Waals surface area contributed by atoms with E-state index in [0.717, 1.165) is 17.7 Å². The maximum atomic E-state index is 12.5. The van der Waals surface area contributed by atoms with Crippen LogP contribution >= 0.6 is 0 Å². The fraction of sp³-hybridized carbons (Fsp3) is 0.133. The van der Waals surface area contributed by atoms with Crippen LogP contribution in [0.2, 0.25) is 0 Å². The Morgan fingerprint density at radius 3 is 2.16 bits per heavy atom. The number of hydrogen-bond acceptors (Lipinski definition) is 1. The van der Waals surface area contributed by atoms with Crippen molar-refractivity contribution in [2.45, 2.75) is 13.1 Å². The topological polar surface area (TPSA) is 17.1 Å². The third kappa shape index (κ3) is 2.84. The molecule has 2 aromatic carbocycles. The molecule has 0 aliphatic rings. The van der Waals surface area contributed by atoms with Gasteiger partial charge < -0.3 is 0 Å². The van der Waals surface area contributed by atoms with Crippen LogP contribution < -0.4 is 0 Å². The van der Waals surface area contributed by atoms with E-state index in [1.807, 2.05) is 6.92 Å². The minimum atomic E-state index is -4.36. The summed E-state index contributed by atoms with van der Waals surface area (Å²) in [6.07, 6.45) is -2.56. The Labute approximate surface area is 108 Å². The molecule has 0 heterocycles. The van der Waals surface area contributed by atoms with E-state index >= 15 is 0 Å². The molecule has 0 aromatic heterocycles. The number of benzene rings is 2. The van der Waals surface area contributed by atoms with Crippen molar-refractivity contribution in [2.24, 2.45) is 0 Å². The summed E-state index contributed by atoms with van der Waals surface area (Å²) in [6, 6.07) is 9.85. The average Bonchev–Trinajstić information content (AvgIpc) is 2.38. The fourth-order valence-electron chi connectivity index (χ4n) is 1.82. The first-order valence-electron chi connectivity index (χ1n) is 5.58. The van der Waals surface area contributed by atoms with Crippen LogP contribution in [0.4, 0.5) is 13.2 Å². The van der Waals surface area contributed by atoms with Crippen molar-refractivity contribution in [1.82, 2.24) is 0 Å². The van der Waals surface area contributed by atoms with E-state index in [4.69, 9.17) is 0 Å². The molecule has 1 nitrogen and oxygen atoms in total. The van der Waals surface area contributed by atoms with E-state index in [9.17, 15) is 18.0 Å². The lowest BCUT2D eigenvalue weighted by atomic mass is 9.97. The highest BCUT2D eigenvalue weighted by atomic mass is 19.4. The summed E-state index contributed by atoms with van der Waals surface area (Å²) < 4.78 is 37.4. The largest absolute Gasteiger partial charge is 0.416 e. The lowest BCUT2D eigenvalue weighted by Gasteiger charge is -2.09. The van der Waals surface area contributed by atoms with Gasteiger partial charge in [0.1, 0.15) is 0 Å². The third-order valence-electron chi connectivity index (χ3n) is 2.81. The van der Waals surface area contributed by atoms with Gasteiger partial charge >= 0.3 is 6.18 Å². The van der Waals surface area contributed by atoms with E-state index < -0.39 is 11.7 Å². The lowest BCUT2D eigenvalue weighted by Crippen LogP contribution is -2.04. The molecule has 0 amide bonds. The Morgan fingerprint density at radius 2 is 1.63 bits per heavy atom. The number of halogens is 3. The van der Waals surface area contributed by atoms with Crippen molar-refractivity contribution < 1.29 is 18.0 Å². The quantitative estimate of drug-likeness (QED) is 0.795. The van der Waals surface area contributed by atoms with Gasteiger partial charge in [-0.3, -0.25) is 4.79 Å². The number of aryl methyl sites for hydroxylation is 1. The molecule has 97 valence electrons. The first kappa shape index (κ1) is 13.3. The Bertz CT molecular complexity index is 598. The van der Waals surface area contributed by atoms with Crippen molar-refractivity contribution in [3.63, 3.8) is 0 Å². The second kappa shape index (κ2) is 4.88. The van der Waals surface area contributed by atoms with Crippen LogP contribution in [0.5, 0.6) is 0 Å². The molecular weight excluding hydrogens is 253 g/mol. The van der Waals surface area contributed by atoms with E-state index in [1.54, 1.807) is 24.5 Å². The zero-order chi connectivity index (χ0) is 14.0. The number of hydrogen-bond donors (Lipinski definition) is 0. The molecule has 4 heteroatoms. The van der Waals surface area contributed by atoms with E-state index in [0.29, 0.717) is 16.7 Å². The zero-order valence-corrected chi connectivity index (χ0v) is 10.1. The third-order valence-corrected chi connectivity index (χ3v) is 2.81. The van der Waals surface area contributed by atoms with Crippen LogP contribution in [0.3, 0.4) is 0 Å². The lowest BCUT2D eigenvalue weighted by molar-refractivity contribution is -0.137. The molecule has 0 saturated carbocycles. The Hall–Kier alpha value is -2.10. The SMILES string of the molecule is Cc1ccc([C]=O)c(-c2ccc(C(F)(F)F)cc2)c1. The van der Waals surface area contributed by atoms with Gasteiger partial charge in [-0.15, -0.1) is 0 Å². The van der Waals surface area contributed by atoms with E-state index in [1.165, 1.54) is 12.1 Å². The summed E-state index contributed by atoms with van der Waals surface area (Å²) in [6.45, 7) is 1.85. The summed E-state index contributed by atoms with van der Waals surface area (Å²) in [5.41, 5.74) is 1.71. The van der Waals surface area contributed by atoms with Crippen molar-refractivity contribution >= 4 is 6.29 Å². The highest BCUT2D eigenvalue weighted by molar-refractivity contribution is 5.88. The molecule has 2 aromatic rings. The minimum absolute atomic E-state index is 0.338. The van der Waals surface area contributed by atoms with Crippen LogP contribution in [0.15, 0.2) is 42.5 Å². The van der Waals surface area contributed by atoms with Crippen LogP contribution in [0.25, 0.3) is 11.1 Å². The molecule has 0 unspecified atom stereocenters. The van der Waals surface area contributed by atoms with Gasteiger partial charge in [0.05, 0.1) is 5.56 Å². The Morgan fingerprint density at radius 1 is 1.00 bits per heavy atom. The summed E-state index contributed by atoms with van der Waals surface area (Å²) in [4.78, 5) is 10.8. The highest BCUT2D eigenvalue weighted by Crippen LogP contribution is 2.31. The van der Waals surface area contributed by atoms with Crippen LogP contribution in [-0.4, -0.2) is 6.29 Å². The molecule has 1 radical (unpaired) electrons. The molecule has 0 aliphatic carbocycles. The summed E-state index contributed by atoms with van der Waals surface area (Å²) in [7, 11) is 0. The van der Waals surface area contributed by atoms with Crippen LogP contribution in [0, 0.1) is 6.92 Å². The summed E-state index contributed by atoms with van der Waals surface area (Å²) in [5, 5.41) is 0. The molecule has 0 fully saturated rings. The maximum Gasteiger partial charge on any atom is 0.416 e. The first-order chi connectivity index (χ1) is 8.91. The molecule has 0 spiro atoms. The predicted molar refractivity (Wildman–Crippen MR) is 66.4 cm³/mol. The van der Waals surface area contributed by atoms with Gasteiger partial charge in [-0.05, 0) is 30.2 Å². The molecule has 2 rings (SSSR count). The van der Waals surface area contributed by atoms with Gasteiger partial charge in [-0.2, -0.15) is 13.2 Å². The first-order valence-corrected chi connectivity index (χ1v) is 5.58.